The second-order valence-electron chi connectivity index (χ2n) is 14.3. The first-order valence-electron chi connectivity index (χ1n) is 19.1. The summed E-state index contributed by atoms with van der Waals surface area (Å²) in [5, 5.41) is 16.5. The van der Waals surface area contributed by atoms with E-state index in [1.54, 1.807) is 11.3 Å². The lowest BCUT2D eigenvalue weighted by molar-refractivity contribution is -0.127. The first-order chi connectivity index (χ1) is 26.6. The van der Waals surface area contributed by atoms with E-state index in [1.807, 2.05) is 52.8 Å². The Balaban J connectivity index is 0.904. The first kappa shape index (κ1) is 39.9. The molecular weight excluding hydrogens is 734 g/mol. The molecule has 2 aliphatic heterocycles. The van der Waals surface area contributed by atoms with Crippen LogP contribution in [0.5, 0.6) is 5.75 Å². The number of nitrogens with one attached hydrogen (secondary N) is 2. The molecule has 2 N–H and O–H groups in total. The molecule has 0 aliphatic carbocycles. The molecule has 4 heterocycles. The number of likely N-dealkylation sites (tertiary alicyclic amines) is 1. The summed E-state index contributed by atoms with van der Waals surface area (Å²) < 4.78 is 8.00. The van der Waals surface area contributed by atoms with Crippen LogP contribution in [-0.4, -0.2) is 75.9 Å². The molecule has 55 heavy (non-hydrogen) atoms. The van der Waals surface area contributed by atoms with Crippen LogP contribution >= 0.6 is 22.9 Å². The van der Waals surface area contributed by atoms with Gasteiger partial charge in [0.2, 0.25) is 17.7 Å². The van der Waals surface area contributed by atoms with Crippen LogP contribution < -0.4 is 15.4 Å². The van der Waals surface area contributed by atoms with Gasteiger partial charge in [-0.25, -0.2) is 0 Å². The molecular formula is C42H50ClN7O4S. The summed E-state index contributed by atoms with van der Waals surface area (Å²) in [5.41, 5.74) is 5.14. The van der Waals surface area contributed by atoms with Crippen molar-refractivity contribution in [1.82, 2.24) is 30.3 Å². The van der Waals surface area contributed by atoms with Gasteiger partial charge in [-0.05, 0) is 107 Å². The molecule has 0 saturated carbocycles. The minimum Gasteiger partial charge on any atom is -0.494 e. The highest BCUT2D eigenvalue weighted by Crippen LogP contribution is 2.39. The van der Waals surface area contributed by atoms with E-state index in [2.05, 4.69) is 53.4 Å². The van der Waals surface area contributed by atoms with Crippen molar-refractivity contribution in [3.05, 3.63) is 105 Å². The summed E-state index contributed by atoms with van der Waals surface area (Å²) >= 11 is 7.90. The minimum absolute atomic E-state index is 0.0104. The van der Waals surface area contributed by atoms with E-state index < -0.39 is 6.04 Å². The molecule has 4 aromatic rings. The number of piperidine rings is 1. The van der Waals surface area contributed by atoms with Gasteiger partial charge < -0.3 is 20.3 Å². The average molecular weight is 784 g/mol. The molecule has 1 fully saturated rings. The summed E-state index contributed by atoms with van der Waals surface area (Å²) in [6.07, 6.45) is 6.92. The van der Waals surface area contributed by atoms with Gasteiger partial charge in [0.15, 0.2) is 5.82 Å². The number of halogens is 1. The summed E-state index contributed by atoms with van der Waals surface area (Å²) in [6, 6.07) is 15.3. The van der Waals surface area contributed by atoms with Crippen LogP contribution in [0.2, 0.25) is 5.02 Å². The number of thiophene rings is 1. The molecule has 290 valence electrons. The Morgan fingerprint density at radius 3 is 2.44 bits per heavy atom. The number of hydrogen-bond donors (Lipinski definition) is 2. The van der Waals surface area contributed by atoms with Crippen molar-refractivity contribution in [3.8, 4) is 10.8 Å². The van der Waals surface area contributed by atoms with E-state index in [4.69, 9.17) is 21.3 Å². The molecule has 13 heteroatoms. The van der Waals surface area contributed by atoms with Crippen LogP contribution in [0.3, 0.4) is 0 Å². The Kier molecular flexibility index (Phi) is 13.5. The highest BCUT2D eigenvalue weighted by molar-refractivity contribution is 7.15. The SMILES string of the molecule is C=CC(=O)N1CCC(Cc2cccc(OCCCC(=O)NCCCCNC(=O)C[C@@H]3N=C(c4ccc(Cl)cc4)c4c(sc(C)c4C)-n4c(C)nnc43)c2)CC1. The van der Waals surface area contributed by atoms with E-state index in [9.17, 15) is 14.4 Å². The van der Waals surface area contributed by atoms with Crippen molar-refractivity contribution in [1.29, 1.82) is 0 Å². The quantitative estimate of drug-likeness (QED) is 0.0928. The van der Waals surface area contributed by atoms with E-state index in [0.29, 0.717) is 49.3 Å². The van der Waals surface area contributed by atoms with Gasteiger partial charge in [-0.3, -0.25) is 23.9 Å². The summed E-state index contributed by atoms with van der Waals surface area (Å²) in [6.45, 7) is 12.8. The zero-order valence-corrected chi connectivity index (χ0v) is 33.5. The molecule has 3 amide bonds. The molecule has 1 saturated heterocycles. The van der Waals surface area contributed by atoms with E-state index in [1.165, 1.54) is 16.5 Å². The highest BCUT2D eigenvalue weighted by Gasteiger charge is 2.32. The zero-order chi connectivity index (χ0) is 38.9. The third kappa shape index (κ3) is 10.1. The van der Waals surface area contributed by atoms with Gasteiger partial charge in [0.25, 0.3) is 0 Å². The molecule has 2 aliphatic rings. The van der Waals surface area contributed by atoms with Crippen LogP contribution in [0.1, 0.15) is 89.8 Å². The van der Waals surface area contributed by atoms with Crippen molar-refractivity contribution < 1.29 is 19.1 Å². The van der Waals surface area contributed by atoms with Crippen molar-refractivity contribution in [2.45, 2.75) is 78.2 Å². The smallest absolute Gasteiger partial charge is 0.245 e. The molecule has 1 atom stereocenters. The molecule has 0 spiro atoms. The number of amides is 3. The topological polar surface area (TPSA) is 131 Å². The molecule has 2 aromatic carbocycles. The predicted octanol–water partition coefficient (Wildman–Crippen LogP) is 7.03. The van der Waals surface area contributed by atoms with Crippen molar-refractivity contribution in [2.24, 2.45) is 10.9 Å². The molecule has 2 aromatic heterocycles. The van der Waals surface area contributed by atoms with Gasteiger partial charge in [0, 0.05) is 53.6 Å². The maximum absolute atomic E-state index is 13.3. The monoisotopic (exact) mass is 783 g/mol. The lowest BCUT2D eigenvalue weighted by Gasteiger charge is -2.31. The largest absolute Gasteiger partial charge is 0.494 e. The van der Waals surface area contributed by atoms with Gasteiger partial charge in [0.1, 0.15) is 22.6 Å². The standard InChI is InChI=1S/C42H50ClN7O4S/c1-5-38(53)49-21-17-30(18-22-49)24-31-10-8-11-34(25-31)54-23-9-12-36(51)44-19-6-7-20-45-37(52)26-35-41-48-47-29(4)50(41)42-39(27(2)28(3)55-42)40(46-35)32-13-15-33(43)16-14-32/h5,8,10-11,13-16,25,30,35H,1,6-7,9,12,17-24,26H2,2-4H3,(H,44,51)(H,45,52)/t35-/m0/s1. The fraction of sp³-hybridized carbons (Fsp3) is 0.429. The Morgan fingerprint density at radius 1 is 0.982 bits per heavy atom. The van der Waals surface area contributed by atoms with Crippen LogP contribution in [-0.2, 0) is 20.8 Å². The number of nitrogens with zero attached hydrogens (tertiary/aromatic N) is 5. The van der Waals surface area contributed by atoms with Crippen molar-refractivity contribution in [3.63, 3.8) is 0 Å². The number of fused-ring (bicyclic) bond motifs is 3. The van der Waals surface area contributed by atoms with Crippen LogP contribution in [0, 0.1) is 26.7 Å². The lowest BCUT2D eigenvalue weighted by atomic mass is 9.90. The number of aliphatic imine (C=N–C) groups is 1. The second-order valence-corrected chi connectivity index (χ2v) is 15.9. The number of hydrogen-bond acceptors (Lipinski definition) is 8. The number of ether oxygens (including phenoxy) is 1. The number of carbonyl (C=O) groups is 3. The molecule has 0 bridgehead atoms. The Bertz CT molecular complexity index is 2030. The van der Waals surface area contributed by atoms with E-state index in [0.717, 1.165) is 84.2 Å². The van der Waals surface area contributed by atoms with Gasteiger partial charge in [0.05, 0.1) is 18.7 Å². The van der Waals surface area contributed by atoms with Crippen LogP contribution in [0.4, 0.5) is 0 Å². The number of carbonyl (C=O) groups excluding carboxylic acids is 3. The van der Waals surface area contributed by atoms with Gasteiger partial charge in [-0.1, -0.05) is 42.4 Å². The van der Waals surface area contributed by atoms with Gasteiger partial charge >= 0.3 is 0 Å². The maximum Gasteiger partial charge on any atom is 0.245 e. The molecule has 0 unspecified atom stereocenters. The Labute approximate surface area is 332 Å². The fourth-order valence-electron chi connectivity index (χ4n) is 7.18. The second kappa shape index (κ2) is 18.7. The Hall–Kier alpha value is -4.81. The van der Waals surface area contributed by atoms with Crippen LogP contribution in [0.15, 0.2) is 66.2 Å². The van der Waals surface area contributed by atoms with Gasteiger partial charge in [-0.15, -0.1) is 21.5 Å². The van der Waals surface area contributed by atoms with Crippen molar-refractivity contribution >= 4 is 46.4 Å². The first-order valence-corrected chi connectivity index (χ1v) is 20.3. The lowest BCUT2D eigenvalue weighted by Crippen LogP contribution is -2.37. The number of unbranched alkanes of at least 4 members (excludes halogenated alkanes) is 1. The summed E-state index contributed by atoms with van der Waals surface area (Å²) in [5.74, 6) is 2.63. The summed E-state index contributed by atoms with van der Waals surface area (Å²) in [4.78, 5) is 45.8. The van der Waals surface area contributed by atoms with Gasteiger partial charge in [-0.2, -0.15) is 0 Å². The average Bonchev–Trinajstić information content (AvgIpc) is 3.66. The fourth-order valence-corrected chi connectivity index (χ4v) is 8.52. The maximum atomic E-state index is 13.3. The van der Waals surface area contributed by atoms with Crippen LogP contribution in [0.25, 0.3) is 5.00 Å². The third-order valence-electron chi connectivity index (χ3n) is 10.3. The minimum atomic E-state index is -0.525. The number of aromatic nitrogens is 3. The predicted molar refractivity (Wildman–Crippen MR) is 218 cm³/mol. The number of aryl methyl sites for hydroxylation is 2. The highest BCUT2D eigenvalue weighted by atomic mass is 35.5. The molecule has 6 rings (SSSR count). The van der Waals surface area contributed by atoms with Crippen molar-refractivity contribution in [2.75, 3.05) is 32.8 Å². The third-order valence-corrected chi connectivity index (χ3v) is 11.8. The number of rotatable bonds is 16. The number of benzene rings is 2. The summed E-state index contributed by atoms with van der Waals surface area (Å²) in [7, 11) is 0. The normalized spacial score (nSPS) is 15.4. The van der Waals surface area contributed by atoms with E-state index in [-0.39, 0.29) is 24.1 Å². The molecule has 0 radical (unpaired) electrons. The molecule has 11 nitrogen and oxygen atoms in total. The Morgan fingerprint density at radius 2 is 1.71 bits per heavy atom. The van der Waals surface area contributed by atoms with E-state index >= 15 is 0 Å². The zero-order valence-electron chi connectivity index (χ0n) is 31.9.